The van der Waals surface area contributed by atoms with E-state index in [9.17, 15) is 4.79 Å². The molecule has 1 amide bonds. The quantitative estimate of drug-likeness (QED) is 0.779. The van der Waals surface area contributed by atoms with Crippen LogP contribution in [0.4, 0.5) is 5.69 Å². The molecule has 5 rings (SSSR count). The van der Waals surface area contributed by atoms with Crippen molar-refractivity contribution in [1.29, 1.82) is 0 Å². The monoisotopic (exact) mass is 348 g/mol. The van der Waals surface area contributed by atoms with Crippen molar-refractivity contribution in [2.75, 3.05) is 11.4 Å². The fourth-order valence-corrected chi connectivity index (χ4v) is 5.97. The molecule has 3 aliphatic rings. The molecule has 1 saturated heterocycles. The Balaban J connectivity index is 1.58. The molecule has 0 bridgehead atoms. The Hall–Kier alpha value is -2.07. The van der Waals surface area contributed by atoms with Crippen molar-refractivity contribution >= 4 is 28.4 Å². The van der Waals surface area contributed by atoms with E-state index >= 15 is 0 Å². The minimum absolute atomic E-state index is 0.0581. The second kappa shape index (κ2) is 5.73. The summed E-state index contributed by atoms with van der Waals surface area (Å²) in [6.45, 7) is 1.04. The molecular formula is C21H20N2OS. The van der Waals surface area contributed by atoms with Gasteiger partial charge in [0.25, 0.3) is 5.91 Å². The average Bonchev–Trinajstić information content (AvgIpc) is 3.00. The van der Waals surface area contributed by atoms with Gasteiger partial charge in [-0.15, -0.1) is 0 Å². The first-order valence-electron chi connectivity index (χ1n) is 9.00. The van der Waals surface area contributed by atoms with Gasteiger partial charge in [0.05, 0.1) is 6.04 Å². The normalized spacial score (nSPS) is 27.8. The molecule has 0 aliphatic carbocycles. The maximum absolute atomic E-state index is 13.2. The molecule has 126 valence electrons. The van der Waals surface area contributed by atoms with E-state index < -0.39 is 4.75 Å². The van der Waals surface area contributed by atoms with E-state index in [4.69, 9.17) is 0 Å². The third-order valence-corrected chi connectivity index (χ3v) is 7.14. The van der Waals surface area contributed by atoms with Gasteiger partial charge in [-0.1, -0.05) is 60.3 Å². The zero-order valence-corrected chi connectivity index (χ0v) is 14.8. The molecule has 1 fully saturated rings. The standard InChI is InChI=1S/C21H20N2OS/c24-20-21(25-19(22-20)15-8-2-1-3-9-15)14-16-10-4-5-11-17(16)23-13-7-6-12-18(21)23/h1-5,8-11,18H,6-7,12-14H2. The second-order valence-electron chi connectivity index (χ2n) is 7.09. The SMILES string of the molecule is O=C1N=C(c2ccccc2)SC12Cc1ccccc1N1CCCCC12. The first-order chi connectivity index (χ1) is 12.3. The van der Waals surface area contributed by atoms with E-state index in [0.29, 0.717) is 0 Å². The van der Waals surface area contributed by atoms with Crippen molar-refractivity contribution in [3.8, 4) is 0 Å². The molecule has 0 aromatic heterocycles. The van der Waals surface area contributed by atoms with Gasteiger partial charge in [-0.05, 0) is 30.9 Å². The van der Waals surface area contributed by atoms with Crippen molar-refractivity contribution in [3.63, 3.8) is 0 Å². The van der Waals surface area contributed by atoms with E-state index in [1.807, 2.05) is 30.3 Å². The predicted molar refractivity (Wildman–Crippen MR) is 103 cm³/mol. The molecule has 0 saturated carbocycles. The number of carbonyl (C=O) groups excluding carboxylic acids is 1. The molecule has 25 heavy (non-hydrogen) atoms. The molecule has 0 N–H and O–H groups in total. The predicted octanol–water partition coefficient (Wildman–Crippen LogP) is 4.06. The van der Waals surface area contributed by atoms with Gasteiger partial charge in [0.1, 0.15) is 9.79 Å². The van der Waals surface area contributed by atoms with Crippen molar-refractivity contribution in [1.82, 2.24) is 0 Å². The number of anilines is 1. The van der Waals surface area contributed by atoms with Crippen LogP contribution in [-0.2, 0) is 11.2 Å². The number of para-hydroxylation sites is 1. The van der Waals surface area contributed by atoms with E-state index in [0.717, 1.165) is 30.0 Å². The molecule has 2 aromatic rings. The van der Waals surface area contributed by atoms with E-state index in [2.05, 4.69) is 34.2 Å². The Labute approximate surface area is 152 Å². The Bertz CT molecular complexity index is 863. The summed E-state index contributed by atoms with van der Waals surface area (Å²) in [4.78, 5) is 20.2. The van der Waals surface area contributed by atoms with Gasteiger partial charge in [0.15, 0.2) is 0 Å². The maximum Gasteiger partial charge on any atom is 0.265 e. The molecule has 3 heterocycles. The topological polar surface area (TPSA) is 32.7 Å². The van der Waals surface area contributed by atoms with Crippen LogP contribution >= 0.6 is 11.8 Å². The Morgan fingerprint density at radius 3 is 2.72 bits per heavy atom. The Morgan fingerprint density at radius 2 is 1.84 bits per heavy atom. The summed E-state index contributed by atoms with van der Waals surface area (Å²) in [5.74, 6) is 0.0581. The smallest absolute Gasteiger partial charge is 0.265 e. The lowest BCUT2D eigenvalue weighted by atomic mass is 9.79. The highest BCUT2D eigenvalue weighted by Gasteiger charge is 2.56. The molecule has 2 unspecified atom stereocenters. The van der Waals surface area contributed by atoms with Crippen molar-refractivity contribution in [3.05, 3.63) is 65.7 Å². The van der Waals surface area contributed by atoms with Crippen LogP contribution in [0.3, 0.4) is 0 Å². The summed E-state index contributed by atoms with van der Waals surface area (Å²) in [6, 6.07) is 19.0. The average molecular weight is 348 g/mol. The van der Waals surface area contributed by atoms with Crippen LogP contribution in [-0.4, -0.2) is 28.3 Å². The van der Waals surface area contributed by atoms with Crippen LogP contribution in [0.1, 0.15) is 30.4 Å². The van der Waals surface area contributed by atoms with Crippen LogP contribution in [0.2, 0.25) is 0 Å². The van der Waals surface area contributed by atoms with Crippen LogP contribution < -0.4 is 4.90 Å². The Kier molecular flexibility index (Phi) is 3.49. The highest BCUT2D eigenvalue weighted by atomic mass is 32.2. The summed E-state index contributed by atoms with van der Waals surface area (Å²) < 4.78 is -0.458. The summed E-state index contributed by atoms with van der Waals surface area (Å²) in [6.07, 6.45) is 4.25. The lowest BCUT2D eigenvalue weighted by Gasteiger charge is -2.50. The van der Waals surface area contributed by atoms with Crippen LogP contribution in [0.15, 0.2) is 59.6 Å². The number of amides is 1. The number of carbonyl (C=O) groups is 1. The van der Waals surface area contributed by atoms with Gasteiger partial charge in [0.2, 0.25) is 0 Å². The van der Waals surface area contributed by atoms with Crippen molar-refractivity contribution in [2.45, 2.75) is 36.5 Å². The number of rotatable bonds is 1. The van der Waals surface area contributed by atoms with Crippen LogP contribution in [0.25, 0.3) is 0 Å². The first kappa shape index (κ1) is 15.2. The summed E-state index contributed by atoms with van der Waals surface area (Å²) >= 11 is 1.70. The van der Waals surface area contributed by atoms with Crippen LogP contribution in [0, 0.1) is 0 Å². The number of nitrogens with zero attached hydrogens (tertiary/aromatic N) is 2. The highest BCUT2D eigenvalue weighted by Crippen LogP contribution is 2.51. The van der Waals surface area contributed by atoms with Crippen LogP contribution in [0.5, 0.6) is 0 Å². The van der Waals surface area contributed by atoms with Gasteiger partial charge in [-0.25, -0.2) is 4.99 Å². The lowest BCUT2D eigenvalue weighted by Crippen LogP contribution is -2.60. The number of thioether (sulfide) groups is 1. The molecular weight excluding hydrogens is 328 g/mol. The second-order valence-corrected chi connectivity index (χ2v) is 8.41. The summed E-state index contributed by atoms with van der Waals surface area (Å²) in [5.41, 5.74) is 3.66. The zero-order chi connectivity index (χ0) is 16.9. The number of hydrogen-bond acceptors (Lipinski definition) is 3. The summed E-state index contributed by atoms with van der Waals surface area (Å²) in [5, 5.41) is 0.885. The van der Waals surface area contributed by atoms with Gasteiger partial charge in [-0.2, -0.15) is 0 Å². The molecule has 0 radical (unpaired) electrons. The van der Waals surface area contributed by atoms with E-state index in [-0.39, 0.29) is 11.9 Å². The number of aliphatic imine (C=N–C) groups is 1. The lowest BCUT2D eigenvalue weighted by molar-refractivity contribution is -0.120. The minimum Gasteiger partial charge on any atom is -0.366 e. The number of piperidine rings is 1. The molecule has 3 aliphatic heterocycles. The molecule has 2 atom stereocenters. The van der Waals surface area contributed by atoms with Gasteiger partial charge in [0, 0.05) is 24.2 Å². The molecule has 4 heteroatoms. The van der Waals surface area contributed by atoms with Gasteiger partial charge in [-0.3, -0.25) is 4.79 Å². The molecule has 3 nitrogen and oxygen atoms in total. The third kappa shape index (κ3) is 2.27. The maximum atomic E-state index is 13.2. The molecule has 2 aromatic carbocycles. The number of fused-ring (bicyclic) bond motifs is 4. The summed E-state index contributed by atoms with van der Waals surface area (Å²) in [7, 11) is 0. The Morgan fingerprint density at radius 1 is 1.04 bits per heavy atom. The minimum atomic E-state index is -0.458. The van der Waals surface area contributed by atoms with Crippen molar-refractivity contribution < 1.29 is 4.79 Å². The largest absolute Gasteiger partial charge is 0.366 e. The highest BCUT2D eigenvalue weighted by molar-refractivity contribution is 8.16. The first-order valence-corrected chi connectivity index (χ1v) is 9.82. The third-order valence-electron chi connectivity index (χ3n) is 5.66. The fourth-order valence-electron chi connectivity index (χ4n) is 4.50. The van der Waals surface area contributed by atoms with E-state index in [1.54, 1.807) is 11.8 Å². The number of hydrogen-bond donors (Lipinski definition) is 0. The van der Waals surface area contributed by atoms with Gasteiger partial charge >= 0.3 is 0 Å². The van der Waals surface area contributed by atoms with Gasteiger partial charge < -0.3 is 4.90 Å². The fraction of sp³-hybridized carbons (Fsp3) is 0.333. The number of benzene rings is 2. The van der Waals surface area contributed by atoms with E-state index in [1.165, 1.54) is 24.1 Å². The van der Waals surface area contributed by atoms with Crippen molar-refractivity contribution in [2.24, 2.45) is 4.99 Å². The molecule has 1 spiro atoms. The zero-order valence-electron chi connectivity index (χ0n) is 14.0.